The zero-order chi connectivity index (χ0) is 15.3. The third-order valence-corrected chi connectivity index (χ3v) is 5.13. The Morgan fingerprint density at radius 2 is 1.90 bits per heavy atom. The summed E-state index contributed by atoms with van der Waals surface area (Å²) < 4.78 is 11.5. The van der Waals surface area contributed by atoms with Gasteiger partial charge in [0.05, 0.1) is 12.7 Å². The molecule has 1 saturated carbocycles. The van der Waals surface area contributed by atoms with Crippen LogP contribution in [0.25, 0.3) is 0 Å². The zero-order valence-electron chi connectivity index (χ0n) is 13.8. The lowest BCUT2D eigenvalue weighted by Gasteiger charge is -2.44. The van der Waals surface area contributed by atoms with Crippen LogP contribution in [0, 0.1) is 5.92 Å². The van der Waals surface area contributed by atoms with Gasteiger partial charge >= 0.3 is 0 Å². The number of benzene rings is 1. The van der Waals surface area contributed by atoms with Crippen molar-refractivity contribution in [2.45, 2.75) is 50.7 Å². The van der Waals surface area contributed by atoms with E-state index in [0.29, 0.717) is 6.04 Å². The first-order valence-electron chi connectivity index (χ1n) is 7.99. The van der Waals surface area contributed by atoms with Gasteiger partial charge < -0.3 is 14.8 Å². The fourth-order valence-corrected chi connectivity index (χ4v) is 3.59. The Hall–Kier alpha value is -1.06. The summed E-state index contributed by atoms with van der Waals surface area (Å²) in [7, 11) is 5.64. The summed E-state index contributed by atoms with van der Waals surface area (Å²) in [6.45, 7) is 2.34. The predicted molar refractivity (Wildman–Crippen MR) is 86.9 cm³/mol. The van der Waals surface area contributed by atoms with E-state index in [2.05, 4.69) is 24.4 Å². The Morgan fingerprint density at radius 1 is 1.24 bits per heavy atom. The largest absolute Gasteiger partial charge is 0.496 e. The number of hydrogen-bond donors (Lipinski definition) is 1. The van der Waals surface area contributed by atoms with E-state index in [1.165, 1.54) is 18.4 Å². The molecule has 118 valence electrons. The maximum absolute atomic E-state index is 6.02. The highest BCUT2D eigenvalue weighted by molar-refractivity contribution is 5.34. The van der Waals surface area contributed by atoms with Crippen LogP contribution in [0.5, 0.6) is 5.75 Å². The minimum Gasteiger partial charge on any atom is -0.496 e. The van der Waals surface area contributed by atoms with Crippen molar-refractivity contribution < 1.29 is 9.47 Å². The number of hydrogen-bond acceptors (Lipinski definition) is 3. The van der Waals surface area contributed by atoms with E-state index in [9.17, 15) is 0 Å². The summed E-state index contributed by atoms with van der Waals surface area (Å²) >= 11 is 0. The van der Waals surface area contributed by atoms with Gasteiger partial charge in [0.15, 0.2) is 0 Å². The van der Waals surface area contributed by atoms with E-state index in [4.69, 9.17) is 9.47 Å². The molecule has 2 rings (SSSR count). The summed E-state index contributed by atoms with van der Waals surface area (Å²) in [5, 5.41) is 3.50. The van der Waals surface area contributed by atoms with Crippen molar-refractivity contribution in [3.8, 4) is 5.75 Å². The van der Waals surface area contributed by atoms with Crippen LogP contribution < -0.4 is 10.1 Å². The normalized spacial score (nSPS) is 27.3. The van der Waals surface area contributed by atoms with Gasteiger partial charge in [0.25, 0.3) is 0 Å². The van der Waals surface area contributed by atoms with Gasteiger partial charge in [-0.05, 0) is 56.7 Å². The predicted octanol–water partition coefficient (Wildman–Crippen LogP) is 3.42. The maximum atomic E-state index is 6.02. The second kappa shape index (κ2) is 7.28. The standard InChI is InChI=1S/C18H29NO2/c1-14-9-11-18(21-4,12-10-14)17(19-2)13-15-7-5-6-8-16(15)20-3/h5-8,14,17,19H,9-13H2,1-4H3. The van der Waals surface area contributed by atoms with Crippen LogP contribution in [-0.4, -0.2) is 32.9 Å². The fourth-order valence-electron chi connectivity index (χ4n) is 3.59. The van der Waals surface area contributed by atoms with Crippen molar-refractivity contribution in [3.63, 3.8) is 0 Å². The van der Waals surface area contributed by atoms with Gasteiger partial charge in [0.1, 0.15) is 5.75 Å². The molecule has 0 saturated heterocycles. The average Bonchev–Trinajstić information content (AvgIpc) is 2.54. The van der Waals surface area contributed by atoms with Crippen LogP contribution in [0.3, 0.4) is 0 Å². The molecule has 1 unspecified atom stereocenters. The van der Waals surface area contributed by atoms with Crippen LogP contribution in [0.15, 0.2) is 24.3 Å². The Morgan fingerprint density at radius 3 is 2.48 bits per heavy atom. The van der Waals surface area contributed by atoms with Crippen LogP contribution in [0.1, 0.15) is 38.2 Å². The Labute approximate surface area is 129 Å². The lowest BCUT2D eigenvalue weighted by molar-refractivity contribution is -0.0731. The molecule has 0 heterocycles. The third kappa shape index (κ3) is 3.58. The summed E-state index contributed by atoms with van der Waals surface area (Å²) in [6, 6.07) is 8.59. The van der Waals surface area contributed by atoms with Gasteiger partial charge in [-0.15, -0.1) is 0 Å². The highest BCUT2D eigenvalue weighted by Gasteiger charge is 2.41. The summed E-state index contributed by atoms with van der Waals surface area (Å²) in [6.07, 6.45) is 5.69. The van der Waals surface area contributed by atoms with E-state index in [1.54, 1.807) is 7.11 Å². The van der Waals surface area contributed by atoms with Crippen LogP contribution in [0.4, 0.5) is 0 Å². The van der Waals surface area contributed by atoms with Crippen molar-refractivity contribution in [3.05, 3.63) is 29.8 Å². The molecule has 1 atom stereocenters. The topological polar surface area (TPSA) is 30.5 Å². The van der Waals surface area contributed by atoms with Crippen molar-refractivity contribution in [2.75, 3.05) is 21.3 Å². The first kappa shape index (κ1) is 16.3. The molecule has 1 aromatic carbocycles. The molecule has 1 aliphatic carbocycles. The van der Waals surface area contributed by atoms with E-state index in [1.807, 2.05) is 26.3 Å². The Balaban J connectivity index is 2.18. The number of likely N-dealkylation sites (N-methyl/N-ethyl adjacent to an activating group) is 1. The molecule has 1 aliphatic rings. The monoisotopic (exact) mass is 291 g/mol. The zero-order valence-corrected chi connectivity index (χ0v) is 13.8. The molecule has 0 aromatic heterocycles. The molecule has 0 aliphatic heterocycles. The minimum absolute atomic E-state index is 0.0535. The molecule has 0 radical (unpaired) electrons. The number of rotatable bonds is 6. The number of methoxy groups -OCH3 is 2. The second-order valence-electron chi connectivity index (χ2n) is 6.31. The third-order valence-electron chi connectivity index (χ3n) is 5.13. The van der Waals surface area contributed by atoms with E-state index >= 15 is 0 Å². The highest BCUT2D eigenvalue weighted by Crippen LogP contribution is 2.38. The molecular weight excluding hydrogens is 262 g/mol. The van der Waals surface area contributed by atoms with Crippen LogP contribution in [-0.2, 0) is 11.2 Å². The fraction of sp³-hybridized carbons (Fsp3) is 0.667. The molecule has 0 spiro atoms. The molecule has 1 aromatic rings. The van der Waals surface area contributed by atoms with Crippen molar-refractivity contribution in [1.82, 2.24) is 5.32 Å². The Bertz CT molecular complexity index is 439. The van der Waals surface area contributed by atoms with Gasteiger partial charge in [-0.3, -0.25) is 0 Å². The molecular formula is C18H29NO2. The van der Waals surface area contributed by atoms with Crippen molar-refractivity contribution in [2.24, 2.45) is 5.92 Å². The lowest BCUT2D eigenvalue weighted by Crippen LogP contribution is -2.54. The number of ether oxygens (including phenoxy) is 2. The van der Waals surface area contributed by atoms with Gasteiger partial charge in [0, 0.05) is 13.2 Å². The van der Waals surface area contributed by atoms with Crippen LogP contribution >= 0.6 is 0 Å². The van der Waals surface area contributed by atoms with Gasteiger partial charge in [-0.2, -0.15) is 0 Å². The number of nitrogens with one attached hydrogen (secondary N) is 1. The first-order chi connectivity index (χ1) is 10.1. The Kier molecular flexibility index (Phi) is 5.65. The molecule has 0 amide bonds. The molecule has 3 nitrogen and oxygen atoms in total. The molecule has 3 heteroatoms. The SMILES string of the molecule is CNC(Cc1ccccc1OC)C1(OC)CCC(C)CC1. The van der Waals surface area contributed by atoms with Crippen molar-refractivity contribution >= 4 is 0 Å². The molecule has 1 N–H and O–H groups in total. The highest BCUT2D eigenvalue weighted by atomic mass is 16.5. The van der Waals surface area contributed by atoms with Crippen LogP contribution in [0.2, 0.25) is 0 Å². The maximum Gasteiger partial charge on any atom is 0.122 e. The van der Waals surface area contributed by atoms with Crippen molar-refractivity contribution in [1.29, 1.82) is 0 Å². The molecule has 1 fully saturated rings. The number of para-hydroxylation sites is 1. The summed E-state index contributed by atoms with van der Waals surface area (Å²) in [4.78, 5) is 0. The minimum atomic E-state index is -0.0535. The van der Waals surface area contributed by atoms with E-state index in [0.717, 1.165) is 30.9 Å². The lowest BCUT2D eigenvalue weighted by atomic mass is 9.73. The first-order valence-corrected chi connectivity index (χ1v) is 7.99. The quantitative estimate of drug-likeness (QED) is 0.871. The molecule has 21 heavy (non-hydrogen) atoms. The van der Waals surface area contributed by atoms with Gasteiger partial charge in [-0.1, -0.05) is 25.1 Å². The smallest absolute Gasteiger partial charge is 0.122 e. The average molecular weight is 291 g/mol. The summed E-state index contributed by atoms with van der Waals surface area (Å²) in [5.74, 6) is 1.78. The second-order valence-corrected chi connectivity index (χ2v) is 6.31. The van der Waals surface area contributed by atoms with Gasteiger partial charge in [-0.25, -0.2) is 0 Å². The molecule has 0 bridgehead atoms. The summed E-state index contributed by atoms with van der Waals surface area (Å²) in [5.41, 5.74) is 1.19. The van der Waals surface area contributed by atoms with E-state index in [-0.39, 0.29) is 5.60 Å². The van der Waals surface area contributed by atoms with Gasteiger partial charge in [0.2, 0.25) is 0 Å². The van der Waals surface area contributed by atoms with E-state index < -0.39 is 0 Å².